The minimum absolute atomic E-state index is 0. The van der Waals surface area contributed by atoms with E-state index in [2.05, 4.69) is 4.98 Å². The fraction of sp³-hybridized carbons (Fsp3) is 0.600. The molecule has 1 aliphatic rings. The van der Waals surface area contributed by atoms with Crippen molar-refractivity contribution in [2.75, 3.05) is 12.3 Å². The molecule has 0 saturated carbocycles. The molecule has 2 heterocycles. The molecule has 0 amide bonds. The number of hydrogen-bond donors (Lipinski definition) is 3. The molecule has 1 saturated heterocycles. The Morgan fingerprint density at radius 1 is 1.72 bits per heavy atom. The Hall–Kier alpha value is -1.15. The minimum atomic E-state index is -1.23. The van der Waals surface area contributed by atoms with E-state index >= 15 is 0 Å². The maximum Gasteiger partial charge on any atom is 0.351 e. The van der Waals surface area contributed by atoms with Crippen molar-refractivity contribution in [2.45, 2.75) is 31.3 Å². The van der Waals surface area contributed by atoms with Crippen LogP contribution < -0.4 is 11.4 Å². The van der Waals surface area contributed by atoms with Gasteiger partial charge in [-0.2, -0.15) is 4.98 Å². The van der Waals surface area contributed by atoms with Crippen molar-refractivity contribution in [3.63, 3.8) is 0 Å². The molecular weight excluding hydrogens is 262 g/mol. The number of rotatable bonds is 2. The van der Waals surface area contributed by atoms with E-state index in [1.54, 1.807) is 6.92 Å². The van der Waals surface area contributed by atoms with Crippen molar-refractivity contribution in [1.29, 1.82) is 0 Å². The number of aliphatic hydroxyl groups excluding tert-OH is 1. The van der Waals surface area contributed by atoms with Gasteiger partial charge in [-0.05, 0) is 13.0 Å². The second-order valence-electron chi connectivity index (χ2n) is 4.40. The van der Waals surface area contributed by atoms with Crippen LogP contribution in [-0.4, -0.2) is 38.1 Å². The topological polar surface area (TPSA) is 111 Å². The van der Waals surface area contributed by atoms with Gasteiger partial charge >= 0.3 is 5.69 Å². The number of aromatic nitrogens is 2. The average molecular weight is 278 g/mol. The molecular formula is C10H16ClN3O4. The zero-order valence-electron chi connectivity index (χ0n) is 9.81. The van der Waals surface area contributed by atoms with Gasteiger partial charge in [0, 0.05) is 12.6 Å². The van der Waals surface area contributed by atoms with Crippen LogP contribution in [0.15, 0.2) is 17.1 Å². The third kappa shape index (κ3) is 2.64. The molecule has 1 aromatic rings. The van der Waals surface area contributed by atoms with Gasteiger partial charge in [0.25, 0.3) is 0 Å². The first-order valence-corrected chi connectivity index (χ1v) is 5.27. The standard InChI is InChI=1S/C10H15N3O4.ClH/c1-10(16)4-6(5-14)17-8(10)13-3-2-7(11)12-9(13)15;/h2-3,6,8,14,16H,4-5H2,1H3,(H2,11,12,15);1H/t6-,8+,10+;/m0./s1. The minimum Gasteiger partial charge on any atom is -0.394 e. The molecule has 8 heteroatoms. The number of aliphatic hydroxyl groups is 2. The number of nitrogens with zero attached hydrogens (tertiary/aromatic N) is 2. The van der Waals surface area contributed by atoms with E-state index < -0.39 is 23.6 Å². The molecule has 0 spiro atoms. The van der Waals surface area contributed by atoms with Crippen molar-refractivity contribution in [3.8, 4) is 0 Å². The van der Waals surface area contributed by atoms with E-state index in [9.17, 15) is 9.90 Å². The van der Waals surface area contributed by atoms with Crippen molar-refractivity contribution < 1.29 is 14.9 Å². The Morgan fingerprint density at radius 2 is 2.39 bits per heavy atom. The van der Waals surface area contributed by atoms with Gasteiger partial charge < -0.3 is 20.7 Å². The van der Waals surface area contributed by atoms with Crippen molar-refractivity contribution in [3.05, 3.63) is 22.7 Å². The maximum atomic E-state index is 11.6. The van der Waals surface area contributed by atoms with Gasteiger partial charge in [0.2, 0.25) is 0 Å². The van der Waals surface area contributed by atoms with E-state index in [-0.39, 0.29) is 31.3 Å². The Labute approximate surface area is 110 Å². The van der Waals surface area contributed by atoms with Gasteiger partial charge in [-0.25, -0.2) is 4.79 Å². The zero-order valence-corrected chi connectivity index (χ0v) is 10.6. The Balaban J connectivity index is 0.00000162. The molecule has 1 fully saturated rings. The summed E-state index contributed by atoms with van der Waals surface area (Å²) in [5.74, 6) is 0.114. The second kappa shape index (κ2) is 5.23. The lowest BCUT2D eigenvalue weighted by atomic mass is 10.0. The molecule has 3 atom stereocenters. The molecule has 7 nitrogen and oxygen atoms in total. The van der Waals surface area contributed by atoms with Gasteiger partial charge in [-0.3, -0.25) is 4.57 Å². The van der Waals surface area contributed by atoms with Crippen LogP contribution >= 0.6 is 12.4 Å². The Kier molecular flexibility index (Phi) is 4.33. The highest BCUT2D eigenvalue weighted by Crippen LogP contribution is 2.36. The number of anilines is 1. The number of halogens is 1. The molecule has 0 aliphatic carbocycles. The lowest BCUT2D eigenvalue weighted by Gasteiger charge is -2.24. The van der Waals surface area contributed by atoms with E-state index in [4.69, 9.17) is 15.6 Å². The molecule has 0 aromatic carbocycles. The van der Waals surface area contributed by atoms with Gasteiger partial charge in [-0.1, -0.05) is 0 Å². The molecule has 2 rings (SSSR count). The number of hydrogen-bond acceptors (Lipinski definition) is 6. The molecule has 4 N–H and O–H groups in total. The van der Waals surface area contributed by atoms with Gasteiger partial charge in [0.15, 0.2) is 6.23 Å². The van der Waals surface area contributed by atoms with E-state index in [0.717, 1.165) is 0 Å². The second-order valence-corrected chi connectivity index (χ2v) is 4.40. The molecule has 0 radical (unpaired) electrons. The highest BCUT2D eigenvalue weighted by Gasteiger charge is 2.45. The summed E-state index contributed by atoms with van der Waals surface area (Å²) in [5, 5.41) is 19.2. The van der Waals surface area contributed by atoms with Crippen LogP contribution in [0.4, 0.5) is 5.82 Å². The first-order valence-electron chi connectivity index (χ1n) is 5.27. The van der Waals surface area contributed by atoms with Crippen molar-refractivity contribution >= 4 is 18.2 Å². The van der Waals surface area contributed by atoms with Crippen molar-refractivity contribution in [2.24, 2.45) is 0 Å². The summed E-state index contributed by atoms with van der Waals surface area (Å²) in [6, 6.07) is 1.45. The smallest absolute Gasteiger partial charge is 0.351 e. The van der Waals surface area contributed by atoms with Gasteiger partial charge in [-0.15, -0.1) is 12.4 Å². The normalized spacial score (nSPS) is 31.1. The van der Waals surface area contributed by atoms with Crippen molar-refractivity contribution in [1.82, 2.24) is 9.55 Å². The predicted molar refractivity (Wildman–Crippen MR) is 66.4 cm³/mol. The number of ether oxygens (including phenoxy) is 1. The average Bonchev–Trinajstić information content (AvgIpc) is 2.54. The third-order valence-corrected chi connectivity index (χ3v) is 2.80. The summed E-state index contributed by atoms with van der Waals surface area (Å²) < 4.78 is 6.59. The summed E-state index contributed by atoms with van der Waals surface area (Å²) in [7, 11) is 0. The molecule has 102 valence electrons. The molecule has 0 bridgehead atoms. The number of nitrogen functional groups attached to an aromatic ring is 1. The quantitative estimate of drug-likeness (QED) is 0.658. The van der Waals surface area contributed by atoms with E-state index in [0.29, 0.717) is 0 Å². The van der Waals surface area contributed by atoms with Crippen LogP contribution in [0.25, 0.3) is 0 Å². The van der Waals surface area contributed by atoms with Gasteiger partial charge in [0.05, 0.1) is 12.7 Å². The van der Waals surface area contributed by atoms with Crippen LogP contribution in [0, 0.1) is 0 Å². The first-order chi connectivity index (χ1) is 7.94. The summed E-state index contributed by atoms with van der Waals surface area (Å²) in [4.78, 5) is 15.2. The lowest BCUT2D eigenvalue weighted by Crippen LogP contribution is -2.38. The highest BCUT2D eigenvalue weighted by atomic mass is 35.5. The summed E-state index contributed by atoms with van der Waals surface area (Å²) in [6.45, 7) is 1.35. The fourth-order valence-corrected chi connectivity index (χ4v) is 2.02. The number of nitrogens with two attached hydrogens (primary N) is 1. The summed E-state index contributed by atoms with van der Waals surface area (Å²) >= 11 is 0. The Bertz CT molecular complexity index is 476. The van der Waals surface area contributed by atoms with Crippen LogP contribution in [0.3, 0.4) is 0 Å². The van der Waals surface area contributed by atoms with Gasteiger partial charge in [0.1, 0.15) is 11.4 Å². The monoisotopic (exact) mass is 277 g/mol. The first kappa shape index (κ1) is 14.9. The predicted octanol–water partition coefficient (Wildman–Crippen LogP) is -0.722. The summed E-state index contributed by atoms with van der Waals surface area (Å²) in [5.41, 5.74) is 3.56. The zero-order chi connectivity index (χ0) is 12.6. The van der Waals surface area contributed by atoms with E-state index in [1.165, 1.54) is 16.8 Å². The highest BCUT2D eigenvalue weighted by molar-refractivity contribution is 5.85. The van der Waals surface area contributed by atoms with E-state index in [1.807, 2.05) is 0 Å². The molecule has 1 aliphatic heterocycles. The van der Waals surface area contributed by atoms with Crippen LogP contribution in [0.5, 0.6) is 0 Å². The Morgan fingerprint density at radius 3 is 2.89 bits per heavy atom. The molecule has 1 aromatic heterocycles. The van der Waals surface area contributed by atoms with Crippen LogP contribution in [-0.2, 0) is 4.74 Å². The largest absolute Gasteiger partial charge is 0.394 e. The fourth-order valence-electron chi connectivity index (χ4n) is 2.02. The summed E-state index contributed by atoms with van der Waals surface area (Å²) in [6.07, 6.45) is 0.328. The van der Waals surface area contributed by atoms with Crippen LogP contribution in [0.2, 0.25) is 0 Å². The lowest BCUT2D eigenvalue weighted by molar-refractivity contribution is -0.0896. The third-order valence-electron chi connectivity index (χ3n) is 2.80. The molecule has 0 unspecified atom stereocenters. The van der Waals surface area contributed by atoms with Crippen LogP contribution in [0.1, 0.15) is 19.6 Å². The maximum absolute atomic E-state index is 11.6. The molecule has 18 heavy (non-hydrogen) atoms. The SMILES string of the molecule is C[C@@]1(O)C[C@@H](CO)O[C@H]1n1ccc(N)nc1=O.Cl.